The third-order valence-corrected chi connectivity index (χ3v) is 3.15. The van der Waals surface area contributed by atoms with E-state index < -0.39 is 0 Å². The summed E-state index contributed by atoms with van der Waals surface area (Å²) in [6, 6.07) is 9.76. The zero-order valence-electron chi connectivity index (χ0n) is 10.5. The number of carbonyl (C=O) groups is 1. The average molecular weight is 257 g/mol. The van der Waals surface area contributed by atoms with Gasteiger partial charge >= 0.3 is 0 Å². The number of aromatic nitrogens is 2. The molecule has 5 heteroatoms. The number of nitrogens with one attached hydrogen (secondary N) is 1. The zero-order chi connectivity index (χ0) is 13.1. The second-order valence-corrected chi connectivity index (χ2v) is 4.42. The quantitative estimate of drug-likeness (QED) is 0.888. The van der Waals surface area contributed by atoms with Crippen molar-refractivity contribution in [3.8, 4) is 11.4 Å². The smallest absolute Gasteiger partial charge is 0.272 e. The fourth-order valence-electron chi connectivity index (χ4n) is 2.11. The van der Waals surface area contributed by atoms with E-state index in [2.05, 4.69) is 9.97 Å². The fourth-order valence-corrected chi connectivity index (χ4v) is 2.11. The molecule has 0 spiro atoms. The predicted molar refractivity (Wildman–Crippen MR) is 70.7 cm³/mol. The van der Waals surface area contributed by atoms with Gasteiger partial charge in [-0.15, -0.1) is 0 Å². The van der Waals surface area contributed by atoms with Crippen molar-refractivity contribution in [2.24, 2.45) is 0 Å². The van der Waals surface area contributed by atoms with Gasteiger partial charge in [0.2, 0.25) is 0 Å². The maximum atomic E-state index is 12.2. The largest absolute Gasteiger partial charge is 0.378 e. The van der Waals surface area contributed by atoms with Crippen LogP contribution < -0.4 is 0 Å². The van der Waals surface area contributed by atoms with Gasteiger partial charge in [0, 0.05) is 18.7 Å². The van der Waals surface area contributed by atoms with Crippen LogP contribution in [-0.2, 0) is 4.74 Å². The molecule has 1 saturated heterocycles. The molecule has 2 aromatic rings. The molecule has 1 aromatic carbocycles. The van der Waals surface area contributed by atoms with Crippen molar-refractivity contribution in [1.82, 2.24) is 14.9 Å². The summed E-state index contributed by atoms with van der Waals surface area (Å²) in [5.41, 5.74) is 1.50. The first-order chi connectivity index (χ1) is 9.34. The molecular weight excluding hydrogens is 242 g/mol. The third kappa shape index (κ3) is 2.51. The van der Waals surface area contributed by atoms with Gasteiger partial charge in [-0.1, -0.05) is 30.3 Å². The Morgan fingerprint density at radius 3 is 2.68 bits per heavy atom. The highest BCUT2D eigenvalue weighted by atomic mass is 16.5. The van der Waals surface area contributed by atoms with Gasteiger partial charge in [0.15, 0.2) is 0 Å². The number of aromatic amines is 1. The number of carbonyl (C=O) groups excluding carboxylic acids is 1. The summed E-state index contributed by atoms with van der Waals surface area (Å²) in [5, 5.41) is 0. The molecule has 0 radical (unpaired) electrons. The molecule has 2 heterocycles. The van der Waals surface area contributed by atoms with Crippen LogP contribution in [0, 0.1) is 0 Å². The molecule has 1 amide bonds. The number of morpholine rings is 1. The SMILES string of the molecule is O=C(c1cnc(-c2ccccc2)[nH]1)N1CCOCC1. The van der Waals surface area contributed by atoms with Gasteiger partial charge in [0.25, 0.3) is 5.91 Å². The van der Waals surface area contributed by atoms with Crippen LogP contribution in [0.4, 0.5) is 0 Å². The lowest BCUT2D eigenvalue weighted by Crippen LogP contribution is -2.40. The molecule has 1 aliphatic rings. The van der Waals surface area contributed by atoms with Crippen LogP contribution in [0.1, 0.15) is 10.5 Å². The van der Waals surface area contributed by atoms with E-state index >= 15 is 0 Å². The maximum absolute atomic E-state index is 12.2. The summed E-state index contributed by atoms with van der Waals surface area (Å²) in [6.07, 6.45) is 1.60. The monoisotopic (exact) mass is 257 g/mol. The van der Waals surface area contributed by atoms with Gasteiger partial charge in [-0.25, -0.2) is 4.98 Å². The Morgan fingerprint density at radius 1 is 1.21 bits per heavy atom. The zero-order valence-corrected chi connectivity index (χ0v) is 10.5. The molecule has 1 N–H and O–H groups in total. The van der Waals surface area contributed by atoms with Crippen LogP contribution in [0.5, 0.6) is 0 Å². The number of imidazole rings is 1. The van der Waals surface area contributed by atoms with Gasteiger partial charge in [-0.3, -0.25) is 4.79 Å². The van der Waals surface area contributed by atoms with Gasteiger partial charge < -0.3 is 14.6 Å². The van der Waals surface area contributed by atoms with Gasteiger partial charge in [0.1, 0.15) is 11.5 Å². The van der Waals surface area contributed by atoms with Crippen LogP contribution in [0.2, 0.25) is 0 Å². The van der Waals surface area contributed by atoms with E-state index in [1.54, 1.807) is 11.1 Å². The summed E-state index contributed by atoms with van der Waals surface area (Å²) in [4.78, 5) is 21.4. The standard InChI is InChI=1S/C14H15N3O2/c18-14(17-6-8-19-9-7-17)12-10-15-13(16-12)11-4-2-1-3-5-11/h1-5,10H,6-9H2,(H,15,16). The molecule has 0 atom stereocenters. The number of rotatable bonds is 2. The number of amides is 1. The van der Waals surface area contributed by atoms with E-state index in [9.17, 15) is 4.79 Å². The second kappa shape index (κ2) is 5.24. The fraction of sp³-hybridized carbons (Fsp3) is 0.286. The number of ether oxygens (including phenoxy) is 1. The minimum Gasteiger partial charge on any atom is -0.378 e. The normalized spacial score (nSPS) is 15.5. The lowest BCUT2D eigenvalue weighted by molar-refractivity contribution is 0.0299. The average Bonchev–Trinajstić information content (AvgIpc) is 2.98. The molecule has 0 unspecified atom stereocenters. The van der Waals surface area contributed by atoms with Crippen molar-refractivity contribution in [3.63, 3.8) is 0 Å². The number of hydrogen-bond donors (Lipinski definition) is 1. The van der Waals surface area contributed by atoms with Crippen molar-refractivity contribution in [2.45, 2.75) is 0 Å². The first-order valence-corrected chi connectivity index (χ1v) is 6.32. The Kier molecular flexibility index (Phi) is 3.29. The minimum atomic E-state index is -0.0158. The highest BCUT2D eigenvalue weighted by Crippen LogP contribution is 2.15. The Labute approximate surface area is 111 Å². The Bertz CT molecular complexity index is 559. The molecule has 1 fully saturated rings. The topological polar surface area (TPSA) is 58.2 Å². The molecule has 0 bridgehead atoms. The maximum Gasteiger partial charge on any atom is 0.272 e. The Morgan fingerprint density at radius 2 is 1.95 bits per heavy atom. The summed E-state index contributed by atoms with van der Waals surface area (Å²) in [7, 11) is 0. The molecular formula is C14H15N3O2. The molecule has 5 nitrogen and oxygen atoms in total. The van der Waals surface area contributed by atoms with Crippen LogP contribution in [-0.4, -0.2) is 47.1 Å². The third-order valence-electron chi connectivity index (χ3n) is 3.15. The van der Waals surface area contributed by atoms with Crippen LogP contribution in [0.25, 0.3) is 11.4 Å². The molecule has 3 rings (SSSR count). The van der Waals surface area contributed by atoms with Crippen molar-refractivity contribution in [3.05, 3.63) is 42.2 Å². The van der Waals surface area contributed by atoms with Crippen LogP contribution in [0.3, 0.4) is 0 Å². The van der Waals surface area contributed by atoms with E-state index in [4.69, 9.17) is 4.74 Å². The summed E-state index contributed by atoms with van der Waals surface area (Å²) < 4.78 is 5.24. The molecule has 19 heavy (non-hydrogen) atoms. The van der Waals surface area contributed by atoms with Crippen molar-refractivity contribution >= 4 is 5.91 Å². The first kappa shape index (κ1) is 11.9. The van der Waals surface area contributed by atoms with E-state index in [1.165, 1.54) is 0 Å². The van der Waals surface area contributed by atoms with Crippen LogP contribution >= 0.6 is 0 Å². The minimum absolute atomic E-state index is 0.0158. The van der Waals surface area contributed by atoms with E-state index in [0.717, 1.165) is 11.4 Å². The number of nitrogens with zero attached hydrogens (tertiary/aromatic N) is 2. The van der Waals surface area contributed by atoms with E-state index in [1.807, 2.05) is 30.3 Å². The first-order valence-electron chi connectivity index (χ1n) is 6.32. The highest BCUT2D eigenvalue weighted by Gasteiger charge is 2.20. The van der Waals surface area contributed by atoms with Crippen molar-refractivity contribution in [1.29, 1.82) is 0 Å². The second-order valence-electron chi connectivity index (χ2n) is 4.42. The Balaban J connectivity index is 1.79. The lowest BCUT2D eigenvalue weighted by Gasteiger charge is -2.26. The number of hydrogen-bond acceptors (Lipinski definition) is 3. The highest BCUT2D eigenvalue weighted by molar-refractivity contribution is 5.92. The summed E-state index contributed by atoms with van der Waals surface area (Å²) >= 11 is 0. The summed E-state index contributed by atoms with van der Waals surface area (Å²) in [6.45, 7) is 2.48. The van der Waals surface area contributed by atoms with Crippen LogP contribution in [0.15, 0.2) is 36.5 Å². The van der Waals surface area contributed by atoms with Gasteiger partial charge in [-0.05, 0) is 0 Å². The van der Waals surface area contributed by atoms with Crippen molar-refractivity contribution in [2.75, 3.05) is 26.3 Å². The molecule has 1 aliphatic heterocycles. The van der Waals surface area contributed by atoms with Crippen molar-refractivity contribution < 1.29 is 9.53 Å². The molecule has 0 aliphatic carbocycles. The lowest BCUT2D eigenvalue weighted by atomic mass is 10.2. The van der Waals surface area contributed by atoms with Gasteiger partial charge in [-0.2, -0.15) is 0 Å². The molecule has 98 valence electrons. The van der Waals surface area contributed by atoms with E-state index in [-0.39, 0.29) is 5.91 Å². The predicted octanol–water partition coefficient (Wildman–Crippen LogP) is 1.55. The summed E-state index contributed by atoms with van der Waals surface area (Å²) in [5.74, 6) is 0.704. The Hall–Kier alpha value is -2.14. The number of benzene rings is 1. The number of H-pyrrole nitrogens is 1. The molecule has 1 aromatic heterocycles. The van der Waals surface area contributed by atoms with Gasteiger partial charge in [0.05, 0.1) is 19.4 Å². The molecule has 0 saturated carbocycles. The van der Waals surface area contributed by atoms with E-state index in [0.29, 0.717) is 32.0 Å².